The first-order valence-corrected chi connectivity index (χ1v) is 5.92. The van der Waals surface area contributed by atoms with E-state index in [0.717, 1.165) is 16.8 Å². The molecule has 1 heterocycles. The van der Waals surface area contributed by atoms with Crippen LogP contribution in [0.3, 0.4) is 0 Å². The minimum Gasteiger partial charge on any atom is -0.508 e. The fourth-order valence-electron chi connectivity index (χ4n) is 2.38. The summed E-state index contributed by atoms with van der Waals surface area (Å²) in [5.41, 5.74) is 2.68. The minimum atomic E-state index is -0.213. The van der Waals surface area contributed by atoms with Crippen molar-refractivity contribution in [3.8, 4) is 5.75 Å². The number of fused-ring (bicyclic) bond motifs is 1. The summed E-state index contributed by atoms with van der Waals surface area (Å²) in [4.78, 5) is 12.0. The number of benzene rings is 2. The van der Waals surface area contributed by atoms with Crippen LogP contribution in [0.4, 0.5) is 5.69 Å². The Hall–Kier alpha value is -2.29. The lowest BCUT2D eigenvalue weighted by Crippen LogP contribution is -2.14. The first kappa shape index (κ1) is 10.8. The Kier molecular flexibility index (Phi) is 2.52. The Balaban J connectivity index is 1.94. The molecule has 90 valence electrons. The van der Waals surface area contributed by atoms with E-state index < -0.39 is 0 Å². The molecule has 0 spiro atoms. The van der Waals surface area contributed by atoms with Crippen LogP contribution in [0.25, 0.3) is 0 Å². The summed E-state index contributed by atoms with van der Waals surface area (Å²) in [7, 11) is 0. The van der Waals surface area contributed by atoms with Crippen molar-refractivity contribution >= 4 is 11.6 Å². The molecule has 18 heavy (non-hydrogen) atoms. The van der Waals surface area contributed by atoms with Gasteiger partial charge in [-0.2, -0.15) is 0 Å². The van der Waals surface area contributed by atoms with Gasteiger partial charge in [0.1, 0.15) is 5.75 Å². The Morgan fingerprint density at radius 3 is 2.61 bits per heavy atom. The van der Waals surface area contributed by atoms with E-state index in [4.69, 9.17) is 0 Å². The number of hydrogen-bond acceptors (Lipinski definition) is 2. The molecule has 1 amide bonds. The Morgan fingerprint density at radius 1 is 1.06 bits per heavy atom. The van der Waals surface area contributed by atoms with Gasteiger partial charge in [0.2, 0.25) is 5.91 Å². The van der Waals surface area contributed by atoms with Crippen LogP contribution in [0.1, 0.15) is 17.0 Å². The van der Waals surface area contributed by atoms with Crippen LogP contribution in [0, 0.1) is 0 Å². The van der Waals surface area contributed by atoms with Gasteiger partial charge in [-0.05, 0) is 29.7 Å². The van der Waals surface area contributed by atoms with Gasteiger partial charge in [0.15, 0.2) is 0 Å². The number of hydrogen-bond donors (Lipinski definition) is 2. The summed E-state index contributed by atoms with van der Waals surface area (Å²) in [5.74, 6) is 0.0311. The molecule has 0 fully saturated rings. The maximum Gasteiger partial charge on any atom is 0.232 e. The van der Waals surface area contributed by atoms with Gasteiger partial charge in [-0.1, -0.05) is 36.4 Å². The van der Waals surface area contributed by atoms with E-state index in [0.29, 0.717) is 6.42 Å². The molecular formula is C15H13NO2. The smallest absolute Gasteiger partial charge is 0.232 e. The Labute approximate surface area is 105 Å². The van der Waals surface area contributed by atoms with Crippen LogP contribution in [0.5, 0.6) is 5.75 Å². The van der Waals surface area contributed by atoms with E-state index >= 15 is 0 Å². The molecule has 2 aromatic rings. The molecule has 1 atom stereocenters. The van der Waals surface area contributed by atoms with Gasteiger partial charge in [-0.15, -0.1) is 0 Å². The van der Waals surface area contributed by atoms with E-state index in [1.165, 1.54) is 0 Å². The molecule has 0 unspecified atom stereocenters. The third kappa shape index (κ3) is 1.74. The normalized spacial score (nSPS) is 17.3. The molecule has 3 rings (SSSR count). The number of para-hydroxylation sites is 2. The fourth-order valence-corrected chi connectivity index (χ4v) is 2.38. The van der Waals surface area contributed by atoms with Crippen molar-refractivity contribution in [2.45, 2.75) is 12.3 Å². The van der Waals surface area contributed by atoms with E-state index in [1.807, 2.05) is 36.4 Å². The van der Waals surface area contributed by atoms with E-state index in [-0.39, 0.29) is 17.6 Å². The second-order valence-corrected chi connectivity index (χ2v) is 4.46. The topological polar surface area (TPSA) is 49.3 Å². The molecule has 0 bridgehead atoms. The van der Waals surface area contributed by atoms with Crippen LogP contribution < -0.4 is 5.32 Å². The monoisotopic (exact) mass is 239 g/mol. The number of amides is 1. The highest BCUT2D eigenvalue weighted by atomic mass is 16.3. The zero-order valence-corrected chi connectivity index (χ0v) is 9.76. The highest BCUT2D eigenvalue weighted by Gasteiger charge is 2.30. The first-order valence-electron chi connectivity index (χ1n) is 5.92. The molecular weight excluding hydrogens is 226 g/mol. The summed E-state index contributed by atoms with van der Waals surface area (Å²) in [6.45, 7) is 0. The second kappa shape index (κ2) is 4.18. The lowest BCUT2D eigenvalue weighted by molar-refractivity contribution is -0.117. The average molecular weight is 239 g/mol. The van der Waals surface area contributed by atoms with Crippen LogP contribution in [-0.4, -0.2) is 11.0 Å². The highest BCUT2D eigenvalue weighted by Crippen LogP contribution is 2.35. The number of carbonyl (C=O) groups is 1. The number of nitrogens with one attached hydrogen (secondary N) is 1. The van der Waals surface area contributed by atoms with Gasteiger partial charge in [0.05, 0.1) is 5.92 Å². The van der Waals surface area contributed by atoms with Crippen molar-refractivity contribution in [1.82, 2.24) is 0 Å². The summed E-state index contributed by atoms with van der Waals surface area (Å²) in [6.07, 6.45) is 0.523. The van der Waals surface area contributed by atoms with Crippen molar-refractivity contribution in [3.05, 3.63) is 59.7 Å². The van der Waals surface area contributed by atoms with Gasteiger partial charge in [-0.3, -0.25) is 4.79 Å². The van der Waals surface area contributed by atoms with E-state index in [9.17, 15) is 9.90 Å². The SMILES string of the molecule is O=C1Nc2ccccc2[C@H]1Cc1ccccc1O. The van der Waals surface area contributed by atoms with Gasteiger partial charge in [-0.25, -0.2) is 0 Å². The largest absolute Gasteiger partial charge is 0.508 e. The zero-order valence-electron chi connectivity index (χ0n) is 9.76. The van der Waals surface area contributed by atoms with E-state index in [2.05, 4.69) is 5.32 Å². The summed E-state index contributed by atoms with van der Waals surface area (Å²) >= 11 is 0. The molecule has 0 radical (unpaired) electrons. The van der Waals surface area contributed by atoms with Crippen LogP contribution in [0.2, 0.25) is 0 Å². The van der Waals surface area contributed by atoms with Crippen molar-refractivity contribution in [3.63, 3.8) is 0 Å². The fraction of sp³-hybridized carbons (Fsp3) is 0.133. The number of phenolic OH excluding ortho intramolecular Hbond substituents is 1. The average Bonchev–Trinajstić information content (AvgIpc) is 2.69. The quantitative estimate of drug-likeness (QED) is 0.846. The number of rotatable bonds is 2. The summed E-state index contributed by atoms with van der Waals surface area (Å²) in [5, 5.41) is 12.6. The van der Waals surface area contributed by atoms with Crippen LogP contribution >= 0.6 is 0 Å². The Morgan fingerprint density at radius 2 is 1.78 bits per heavy atom. The molecule has 1 aliphatic rings. The van der Waals surface area contributed by atoms with Crippen molar-refractivity contribution < 1.29 is 9.90 Å². The summed E-state index contributed by atoms with van der Waals surface area (Å²) < 4.78 is 0. The van der Waals surface area contributed by atoms with Crippen molar-refractivity contribution in [2.75, 3.05) is 5.32 Å². The second-order valence-electron chi connectivity index (χ2n) is 4.46. The van der Waals surface area contributed by atoms with Gasteiger partial charge < -0.3 is 10.4 Å². The van der Waals surface area contributed by atoms with Gasteiger partial charge in [0, 0.05) is 5.69 Å². The molecule has 3 heteroatoms. The van der Waals surface area contributed by atoms with Crippen LogP contribution in [-0.2, 0) is 11.2 Å². The number of phenols is 1. The number of aromatic hydroxyl groups is 1. The minimum absolute atomic E-state index is 0.000506. The molecule has 0 saturated heterocycles. The molecule has 3 nitrogen and oxygen atoms in total. The summed E-state index contributed by atoms with van der Waals surface area (Å²) in [6, 6.07) is 14.8. The molecule has 0 aromatic heterocycles. The lowest BCUT2D eigenvalue weighted by Gasteiger charge is -2.10. The van der Waals surface area contributed by atoms with Gasteiger partial charge in [0.25, 0.3) is 0 Å². The molecule has 2 N–H and O–H groups in total. The predicted molar refractivity (Wildman–Crippen MR) is 69.6 cm³/mol. The molecule has 1 aliphatic heterocycles. The zero-order chi connectivity index (χ0) is 12.5. The predicted octanol–water partition coefficient (Wildman–Crippen LogP) is 2.67. The standard InChI is InChI=1S/C15H13NO2/c17-14-8-4-1-5-10(14)9-12-11-6-2-3-7-13(11)16-15(12)18/h1-8,12,17H,9H2,(H,16,18)/t12-/m1/s1. The molecule has 0 aliphatic carbocycles. The lowest BCUT2D eigenvalue weighted by atomic mass is 9.93. The third-order valence-electron chi connectivity index (χ3n) is 3.33. The maximum absolute atomic E-state index is 12.0. The van der Waals surface area contributed by atoms with Gasteiger partial charge >= 0.3 is 0 Å². The highest BCUT2D eigenvalue weighted by molar-refractivity contribution is 6.03. The third-order valence-corrected chi connectivity index (χ3v) is 3.33. The number of carbonyl (C=O) groups excluding carboxylic acids is 1. The van der Waals surface area contributed by atoms with Crippen molar-refractivity contribution in [2.24, 2.45) is 0 Å². The van der Waals surface area contributed by atoms with Crippen molar-refractivity contribution in [1.29, 1.82) is 0 Å². The van der Waals surface area contributed by atoms with Crippen LogP contribution in [0.15, 0.2) is 48.5 Å². The molecule has 2 aromatic carbocycles. The maximum atomic E-state index is 12.0. The first-order chi connectivity index (χ1) is 8.75. The Bertz CT molecular complexity index is 607. The number of anilines is 1. The van der Waals surface area contributed by atoms with E-state index in [1.54, 1.807) is 12.1 Å². The molecule has 0 saturated carbocycles.